The Morgan fingerprint density at radius 2 is 2.00 bits per heavy atom. The molecule has 132 valence electrons. The van der Waals surface area contributed by atoms with Gasteiger partial charge in [0, 0.05) is 25.5 Å². The molecule has 1 heterocycles. The molecule has 0 unspecified atom stereocenters. The number of carbonyl (C=O) groups excluding carboxylic acids is 2. The molecule has 1 aliphatic heterocycles. The Morgan fingerprint density at radius 1 is 1.24 bits per heavy atom. The van der Waals surface area contributed by atoms with Gasteiger partial charge in [0.2, 0.25) is 5.88 Å². The average Bonchev–Trinajstić information content (AvgIpc) is 2.61. The summed E-state index contributed by atoms with van der Waals surface area (Å²) in [6.07, 6.45) is 1.80. The van der Waals surface area contributed by atoms with Crippen LogP contribution in [0.5, 0.6) is 0 Å². The molecule has 6 heteroatoms. The normalized spacial score (nSPS) is 20.2. The molecule has 0 amide bonds. The van der Waals surface area contributed by atoms with Crippen molar-refractivity contribution in [1.82, 2.24) is 0 Å². The van der Waals surface area contributed by atoms with Gasteiger partial charge in [0.05, 0.1) is 12.5 Å². The summed E-state index contributed by atoms with van der Waals surface area (Å²) in [5.74, 6) is -0.591. The highest BCUT2D eigenvalue weighted by atomic mass is 16.6. The zero-order chi connectivity index (χ0) is 17.8. The maximum absolute atomic E-state index is 12.6. The molecule has 1 aliphatic carbocycles. The first kappa shape index (κ1) is 17.2. The molecule has 1 atom stereocenters. The lowest BCUT2D eigenvalue weighted by Gasteiger charge is -2.32. The van der Waals surface area contributed by atoms with E-state index in [4.69, 9.17) is 19.9 Å². The lowest BCUT2D eigenvalue weighted by molar-refractivity contribution is -0.140. The molecule has 0 radical (unpaired) electrons. The number of carbonyl (C=O) groups is 2. The lowest BCUT2D eigenvalue weighted by atomic mass is 9.77. The minimum atomic E-state index is -0.590. The van der Waals surface area contributed by atoms with Crippen LogP contribution in [0.25, 0.3) is 0 Å². The molecule has 2 N–H and O–H groups in total. The number of benzene rings is 1. The second-order valence-corrected chi connectivity index (χ2v) is 5.97. The number of nitrogens with two attached hydrogens (primary N) is 1. The summed E-state index contributed by atoms with van der Waals surface area (Å²) < 4.78 is 15.8. The number of methoxy groups -OCH3 is 1. The lowest BCUT2D eigenvalue weighted by Crippen LogP contribution is -2.31. The van der Waals surface area contributed by atoms with Gasteiger partial charge in [-0.3, -0.25) is 4.79 Å². The number of esters is 1. The second kappa shape index (κ2) is 7.53. The molecule has 0 aromatic heterocycles. The number of allylic oxidation sites excluding steroid dienone is 2. The van der Waals surface area contributed by atoms with Gasteiger partial charge in [-0.05, 0) is 12.0 Å². The van der Waals surface area contributed by atoms with Gasteiger partial charge in [0.25, 0.3) is 0 Å². The molecule has 0 saturated heterocycles. The number of ketones is 1. The fourth-order valence-electron chi connectivity index (χ4n) is 3.23. The molecule has 2 aliphatic rings. The van der Waals surface area contributed by atoms with Crippen LogP contribution in [-0.2, 0) is 23.8 Å². The van der Waals surface area contributed by atoms with Crippen molar-refractivity contribution in [3.8, 4) is 0 Å². The summed E-state index contributed by atoms with van der Waals surface area (Å²) in [4.78, 5) is 25.2. The Labute approximate surface area is 146 Å². The van der Waals surface area contributed by atoms with E-state index in [1.165, 1.54) is 7.11 Å². The van der Waals surface area contributed by atoms with Crippen molar-refractivity contribution in [2.24, 2.45) is 5.73 Å². The van der Waals surface area contributed by atoms with Crippen molar-refractivity contribution in [3.05, 3.63) is 58.7 Å². The number of Topliss-reactive ketones (excluding diaryl/α,β-unsaturated/α-hetero) is 1. The zero-order valence-electron chi connectivity index (χ0n) is 14.1. The Bertz CT molecular complexity index is 735. The minimum Gasteiger partial charge on any atom is -0.460 e. The third-order valence-corrected chi connectivity index (χ3v) is 4.36. The van der Waals surface area contributed by atoms with Gasteiger partial charge in [0.1, 0.15) is 17.9 Å². The highest BCUT2D eigenvalue weighted by Crippen LogP contribution is 2.43. The quantitative estimate of drug-likeness (QED) is 0.651. The van der Waals surface area contributed by atoms with Crippen molar-refractivity contribution in [3.63, 3.8) is 0 Å². The largest absolute Gasteiger partial charge is 0.460 e. The molecule has 0 bridgehead atoms. The van der Waals surface area contributed by atoms with Gasteiger partial charge < -0.3 is 19.9 Å². The van der Waals surface area contributed by atoms with Gasteiger partial charge in [-0.15, -0.1) is 0 Å². The van der Waals surface area contributed by atoms with Gasteiger partial charge in [-0.2, -0.15) is 0 Å². The van der Waals surface area contributed by atoms with Crippen LogP contribution in [0.15, 0.2) is 53.1 Å². The predicted molar refractivity (Wildman–Crippen MR) is 90.2 cm³/mol. The van der Waals surface area contributed by atoms with Crippen molar-refractivity contribution in [2.75, 3.05) is 20.3 Å². The maximum atomic E-state index is 12.6. The molecular formula is C19H21NO5. The Morgan fingerprint density at radius 3 is 2.72 bits per heavy atom. The number of hydrogen-bond donors (Lipinski definition) is 1. The first-order valence-electron chi connectivity index (χ1n) is 8.28. The number of hydrogen-bond acceptors (Lipinski definition) is 6. The van der Waals surface area contributed by atoms with Gasteiger partial charge in [-0.1, -0.05) is 30.3 Å². The van der Waals surface area contributed by atoms with Crippen LogP contribution in [-0.4, -0.2) is 32.1 Å². The smallest absolute Gasteiger partial charge is 0.340 e. The predicted octanol–water partition coefficient (Wildman–Crippen LogP) is 2.17. The van der Waals surface area contributed by atoms with E-state index < -0.39 is 11.9 Å². The second-order valence-electron chi connectivity index (χ2n) is 5.97. The zero-order valence-corrected chi connectivity index (χ0v) is 14.1. The SMILES string of the molecule is COCCOC(=O)C1=C(N)OC2=C(C(=O)CCC2)[C@@H]1c1ccccc1. The van der Waals surface area contributed by atoms with E-state index >= 15 is 0 Å². The Balaban J connectivity index is 2.02. The number of ether oxygens (including phenoxy) is 3. The topological polar surface area (TPSA) is 87.8 Å². The van der Waals surface area contributed by atoms with E-state index in [1.54, 1.807) is 0 Å². The Hall–Kier alpha value is -2.60. The first-order valence-corrected chi connectivity index (χ1v) is 8.28. The summed E-state index contributed by atoms with van der Waals surface area (Å²) in [5, 5.41) is 0. The van der Waals surface area contributed by atoms with E-state index in [1.807, 2.05) is 30.3 Å². The summed E-state index contributed by atoms with van der Waals surface area (Å²) in [6.45, 7) is 0.385. The fraction of sp³-hybridized carbons (Fsp3) is 0.368. The molecule has 1 aromatic carbocycles. The molecule has 3 rings (SSSR count). The monoisotopic (exact) mass is 343 g/mol. The van der Waals surface area contributed by atoms with Gasteiger partial charge in [-0.25, -0.2) is 4.79 Å². The summed E-state index contributed by atoms with van der Waals surface area (Å²) in [6, 6.07) is 9.35. The van der Waals surface area contributed by atoms with E-state index in [0.717, 1.165) is 12.0 Å². The van der Waals surface area contributed by atoms with Crippen molar-refractivity contribution >= 4 is 11.8 Å². The highest BCUT2D eigenvalue weighted by Gasteiger charge is 2.41. The van der Waals surface area contributed by atoms with Crippen LogP contribution in [0.1, 0.15) is 30.7 Å². The Kier molecular flexibility index (Phi) is 5.19. The molecule has 25 heavy (non-hydrogen) atoms. The van der Waals surface area contributed by atoms with Crippen molar-refractivity contribution in [1.29, 1.82) is 0 Å². The van der Waals surface area contributed by atoms with Crippen LogP contribution < -0.4 is 5.73 Å². The maximum Gasteiger partial charge on any atom is 0.340 e. The van der Waals surface area contributed by atoms with E-state index in [-0.39, 0.29) is 30.5 Å². The third kappa shape index (κ3) is 3.44. The van der Waals surface area contributed by atoms with E-state index in [9.17, 15) is 9.59 Å². The van der Waals surface area contributed by atoms with Crippen LogP contribution >= 0.6 is 0 Å². The van der Waals surface area contributed by atoms with Gasteiger partial charge in [0.15, 0.2) is 5.78 Å². The summed E-state index contributed by atoms with van der Waals surface area (Å²) in [7, 11) is 1.52. The molecule has 1 aromatic rings. The molecule has 0 saturated carbocycles. The summed E-state index contributed by atoms with van der Waals surface area (Å²) >= 11 is 0. The first-order chi connectivity index (χ1) is 12.1. The molecule has 0 spiro atoms. The van der Waals surface area contributed by atoms with Gasteiger partial charge >= 0.3 is 5.97 Å². The highest BCUT2D eigenvalue weighted by molar-refractivity contribution is 6.03. The standard InChI is InChI=1S/C19H21NO5/c1-23-10-11-24-19(22)17-15(12-6-3-2-4-7-12)16-13(21)8-5-9-14(16)25-18(17)20/h2-4,6-7,15H,5,8-11,20H2,1H3/t15-/m0/s1. The molecular weight excluding hydrogens is 322 g/mol. The summed E-state index contributed by atoms with van der Waals surface area (Å²) in [5.41, 5.74) is 7.56. The minimum absolute atomic E-state index is 0.00437. The number of rotatable bonds is 5. The van der Waals surface area contributed by atoms with E-state index in [0.29, 0.717) is 24.2 Å². The van der Waals surface area contributed by atoms with Crippen LogP contribution in [0, 0.1) is 0 Å². The van der Waals surface area contributed by atoms with Crippen molar-refractivity contribution < 1.29 is 23.8 Å². The van der Waals surface area contributed by atoms with Crippen molar-refractivity contribution in [2.45, 2.75) is 25.2 Å². The fourth-order valence-corrected chi connectivity index (χ4v) is 3.23. The van der Waals surface area contributed by atoms with Crippen LogP contribution in [0.2, 0.25) is 0 Å². The molecule has 0 fully saturated rings. The third-order valence-electron chi connectivity index (χ3n) is 4.36. The molecule has 6 nitrogen and oxygen atoms in total. The van der Waals surface area contributed by atoms with E-state index in [2.05, 4.69) is 0 Å². The van der Waals surface area contributed by atoms with Crippen LogP contribution in [0.4, 0.5) is 0 Å². The van der Waals surface area contributed by atoms with Crippen LogP contribution in [0.3, 0.4) is 0 Å². The average molecular weight is 343 g/mol.